The number of fused-ring (bicyclic) bond motifs is 1. The summed E-state index contributed by atoms with van der Waals surface area (Å²) in [6, 6.07) is 15.8. The lowest BCUT2D eigenvalue weighted by Gasteiger charge is -1.99. The van der Waals surface area contributed by atoms with Gasteiger partial charge in [-0.15, -0.1) is 0 Å². The Bertz CT molecular complexity index is 834. The molecule has 0 aliphatic rings. The molecule has 0 fully saturated rings. The maximum Gasteiger partial charge on any atom is 0.244 e. The zero-order valence-electron chi connectivity index (χ0n) is 13.1. The van der Waals surface area contributed by atoms with E-state index in [1.54, 1.807) is 6.08 Å². The van der Waals surface area contributed by atoms with E-state index < -0.39 is 0 Å². The van der Waals surface area contributed by atoms with E-state index >= 15 is 0 Å². The molecule has 4 nitrogen and oxygen atoms in total. The van der Waals surface area contributed by atoms with Crippen molar-refractivity contribution in [2.24, 2.45) is 0 Å². The van der Waals surface area contributed by atoms with Crippen LogP contribution >= 0.6 is 0 Å². The summed E-state index contributed by atoms with van der Waals surface area (Å²) < 4.78 is 2.06. The first-order valence-corrected chi connectivity index (χ1v) is 7.67. The molecule has 4 heteroatoms. The number of carbonyl (C=O) groups excluding carboxylic acids is 1. The summed E-state index contributed by atoms with van der Waals surface area (Å²) in [5, 5.41) is 2.89. The van der Waals surface area contributed by atoms with Crippen molar-refractivity contribution in [1.82, 2.24) is 14.7 Å². The van der Waals surface area contributed by atoms with Crippen molar-refractivity contribution in [2.75, 3.05) is 6.54 Å². The van der Waals surface area contributed by atoms with Crippen LogP contribution in [0.15, 0.2) is 60.8 Å². The highest BCUT2D eigenvalue weighted by molar-refractivity contribution is 5.91. The average Bonchev–Trinajstić information content (AvgIpc) is 2.98. The fourth-order valence-electron chi connectivity index (χ4n) is 2.43. The number of nitrogens with zero attached hydrogens (tertiary/aromatic N) is 2. The molecule has 0 saturated heterocycles. The number of rotatable bonds is 5. The normalized spacial score (nSPS) is 11.2. The zero-order chi connectivity index (χ0) is 16.1. The Morgan fingerprint density at radius 2 is 2.00 bits per heavy atom. The first kappa shape index (κ1) is 15.0. The molecule has 1 N–H and O–H groups in total. The van der Waals surface area contributed by atoms with Crippen LogP contribution in [-0.2, 0) is 11.2 Å². The van der Waals surface area contributed by atoms with Gasteiger partial charge in [-0.2, -0.15) is 0 Å². The molecule has 3 rings (SSSR count). The molecule has 1 amide bonds. The number of carbonyl (C=O) groups is 1. The summed E-state index contributed by atoms with van der Waals surface area (Å²) >= 11 is 0. The number of pyridine rings is 1. The van der Waals surface area contributed by atoms with Crippen molar-refractivity contribution in [1.29, 1.82) is 0 Å². The van der Waals surface area contributed by atoms with Gasteiger partial charge in [0.25, 0.3) is 0 Å². The number of amides is 1. The second-order valence-electron chi connectivity index (χ2n) is 5.41. The summed E-state index contributed by atoms with van der Waals surface area (Å²) in [5.41, 5.74) is 4.08. The lowest BCUT2D eigenvalue weighted by Crippen LogP contribution is -2.23. The lowest BCUT2D eigenvalue weighted by atomic mass is 10.2. The van der Waals surface area contributed by atoms with Gasteiger partial charge in [-0.1, -0.05) is 36.4 Å². The number of hydrogen-bond acceptors (Lipinski definition) is 2. The van der Waals surface area contributed by atoms with Crippen molar-refractivity contribution in [3.05, 3.63) is 77.8 Å². The summed E-state index contributed by atoms with van der Waals surface area (Å²) in [5.74, 6) is -0.0891. The molecule has 23 heavy (non-hydrogen) atoms. The van der Waals surface area contributed by atoms with Crippen molar-refractivity contribution >= 4 is 17.6 Å². The second kappa shape index (κ2) is 6.92. The Balaban J connectivity index is 1.53. The van der Waals surface area contributed by atoms with Gasteiger partial charge in [0.1, 0.15) is 5.65 Å². The molecule has 2 aromatic heterocycles. The lowest BCUT2D eigenvalue weighted by molar-refractivity contribution is -0.116. The van der Waals surface area contributed by atoms with Crippen LogP contribution in [0.5, 0.6) is 0 Å². The molecule has 2 heterocycles. The summed E-state index contributed by atoms with van der Waals surface area (Å²) in [4.78, 5) is 16.4. The fourth-order valence-corrected chi connectivity index (χ4v) is 2.43. The van der Waals surface area contributed by atoms with E-state index in [1.807, 2.05) is 54.7 Å². The largest absolute Gasteiger partial charge is 0.352 e. The van der Waals surface area contributed by atoms with Crippen molar-refractivity contribution in [3.8, 4) is 0 Å². The van der Waals surface area contributed by atoms with E-state index in [-0.39, 0.29) is 5.91 Å². The molecule has 3 aromatic rings. The van der Waals surface area contributed by atoms with Crippen LogP contribution in [0.1, 0.15) is 17.0 Å². The molecule has 0 saturated carbocycles. The minimum Gasteiger partial charge on any atom is -0.352 e. The van der Waals surface area contributed by atoms with E-state index in [0.29, 0.717) is 13.0 Å². The van der Waals surface area contributed by atoms with Gasteiger partial charge in [-0.3, -0.25) is 4.79 Å². The van der Waals surface area contributed by atoms with Crippen molar-refractivity contribution in [3.63, 3.8) is 0 Å². The average molecular weight is 305 g/mol. The topological polar surface area (TPSA) is 46.4 Å². The van der Waals surface area contributed by atoms with Gasteiger partial charge in [0, 0.05) is 30.9 Å². The number of imidazole rings is 1. The van der Waals surface area contributed by atoms with E-state index in [2.05, 4.69) is 27.7 Å². The molecule has 0 spiro atoms. The van der Waals surface area contributed by atoms with Crippen LogP contribution in [0, 0.1) is 6.92 Å². The first-order valence-electron chi connectivity index (χ1n) is 7.67. The van der Waals surface area contributed by atoms with Crippen LogP contribution in [0.3, 0.4) is 0 Å². The van der Waals surface area contributed by atoms with Crippen molar-refractivity contribution < 1.29 is 4.79 Å². The predicted octanol–water partition coefficient (Wildman–Crippen LogP) is 3.01. The van der Waals surface area contributed by atoms with Gasteiger partial charge in [-0.25, -0.2) is 4.98 Å². The highest BCUT2D eigenvalue weighted by Gasteiger charge is 2.03. The third kappa shape index (κ3) is 3.86. The van der Waals surface area contributed by atoms with Gasteiger partial charge in [-0.05, 0) is 30.7 Å². The van der Waals surface area contributed by atoms with Crippen LogP contribution in [0.2, 0.25) is 0 Å². The van der Waals surface area contributed by atoms with Crippen LogP contribution < -0.4 is 5.32 Å². The summed E-state index contributed by atoms with van der Waals surface area (Å²) in [6.07, 6.45) is 6.11. The van der Waals surface area contributed by atoms with E-state index in [4.69, 9.17) is 0 Å². The smallest absolute Gasteiger partial charge is 0.244 e. The minimum atomic E-state index is -0.0891. The Morgan fingerprint density at radius 3 is 2.78 bits per heavy atom. The van der Waals surface area contributed by atoms with E-state index in [0.717, 1.165) is 22.6 Å². The Hall–Kier alpha value is -2.88. The zero-order valence-corrected chi connectivity index (χ0v) is 13.1. The number of aromatic nitrogens is 2. The maximum atomic E-state index is 11.8. The monoisotopic (exact) mass is 305 g/mol. The summed E-state index contributed by atoms with van der Waals surface area (Å²) in [6.45, 7) is 2.62. The van der Waals surface area contributed by atoms with Crippen LogP contribution in [-0.4, -0.2) is 21.8 Å². The van der Waals surface area contributed by atoms with Gasteiger partial charge in [0.15, 0.2) is 0 Å². The molecule has 0 bridgehead atoms. The Kier molecular flexibility index (Phi) is 4.52. The molecule has 0 aliphatic heterocycles. The van der Waals surface area contributed by atoms with Crippen molar-refractivity contribution in [2.45, 2.75) is 13.3 Å². The predicted molar refractivity (Wildman–Crippen MR) is 92.1 cm³/mol. The SMILES string of the molecule is Cc1cccc2nc(CCNC(=O)/C=C/c3ccccc3)cn12. The number of aryl methyl sites for hydroxylation is 1. The van der Waals surface area contributed by atoms with Crippen LogP contribution in [0.25, 0.3) is 11.7 Å². The van der Waals surface area contributed by atoms with E-state index in [1.165, 1.54) is 0 Å². The third-order valence-electron chi connectivity index (χ3n) is 3.65. The Labute approximate surface area is 135 Å². The number of nitrogens with one attached hydrogen (secondary N) is 1. The minimum absolute atomic E-state index is 0.0891. The molecule has 1 aromatic carbocycles. The van der Waals surface area contributed by atoms with Gasteiger partial charge >= 0.3 is 0 Å². The number of hydrogen-bond donors (Lipinski definition) is 1. The molecule has 0 aliphatic carbocycles. The second-order valence-corrected chi connectivity index (χ2v) is 5.41. The molecular weight excluding hydrogens is 286 g/mol. The maximum absolute atomic E-state index is 11.8. The van der Waals surface area contributed by atoms with Gasteiger partial charge in [0.2, 0.25) is 5.91 Å². The quantitative estimate of drug-likeness (QED) is 0.737. The van der Waals surface area contributed by atoms with Crippen LogP contribution in [0.4, 0.5) is 0 Å². The van der Waals surface area contributed by atoms with Gasteiger partial charge < -0.3 is 9.72 Å². The molecule has 0 atom stereocenters. The van der Waals surface area contributed by atoms with E-state index in [9.17, 15) is 4.79 Å². The van der Waals surface area contributed by atoms with Gasteiger partial charge in [0.05, 0.1) is 5.69 Å². The standard InChI is InChI=1S/C19H19N3O/c1-15-6-5-9-18-21-17(14-22(15)18)12-13-20-19(23)11-10-16-7-3-2-4-8-16/h2-11,14H,12-13H2,1H3,(H,20,23)/b11-10+. The molecular formula is C19H19N3O. The molecule has 0 unspecified atom stereocenters. The highest BCUT2D eigenvalue weighted by atomic mass is 16.1. The summed E-state index contributed by atoms with van der Waals surface area (Å²) in [7, 11) is 0. The fraction of sp³-hybridized carbons (Fsp3) is 0.158. The molecule has 0 radical (unpaired) electrons. The number of benzene rings is 1. The third-order valence-corrected chi connectivity index (χ3v) is 3.65. The Morgan fingerprint density at radius 1 is 1.17 bits per heavy atom. The highest BCUT2D eigenvalue weighted by Crippen LogP contribution is 2.08. The first-order chi connectivity index (χ1) is 11.2. The molecule has 116 valence electrons.